The molecule has 8 rings (SSSR count). The first-order chi connectivity index (χ1) is 25.9. The minimum atomic E-state index is -4.42. The number of benzene rings is 5. The van der Waals surface area contributed by atoms with Gasteiger partial charge in [0, 0.05) is 30.3 Å². The van der Waals surface area contributed by atoms with Crippen LogP contribution in [0.25, 0.3) is 11.1 Å². The van der Waals surface area contributed by atoms with E-state index in [1.54, 1.807) is 12.1 Å². The average Bonchev–Trinajstić information content (AvgIpc) is 3.77. The number of fused-ring (bicyclic) bond motifs is 8. The fourth-order valence-electron chi connectivity index (χ4n) is 10.4. The van der Waals surface area contributed by atoms with Gasteiger partial charge in [-0.05, 0) is 96.3 Å². The molecule has 54 heavy (non-hydrogen) atoms. The summed E-state index contributed by atoms with van der Waals surface area (Å²) in [7, 11) is -2.41. The van der Waals surface area contributed by atoms with Crippen LogP contribution in [-0.2, 0) is 17.5 Å². The molecule has 0 aromatic heterocycles. The standard InChI is InChI=1S/C48H52F3NOSi/c1-32-26-27-42-40(30-32)43-44(52(42)31-33-18-8-15-25-41(33)48(49,50)51)36-21-11-14-24-39(36)46(43)54(5,29-17-7-6-16-28-53-47(2,3)4)45-37-22-12-9-19-34(37)35-20-10-13-23-38(35)45/h8-15,18-27,30,43-46H,6-7,16-17,28-29,31H2,1-5H3. The molecular weight excluding hydrogens is 692 g/mol. The van der Waals surface area contributed by atoms with Gasteiger partial charge in [0.2, 0.25) is 0 Å². The number of anilines is 1. The highest BCUT2D eigenvalue weighted by Gasteiger charge is 2.59. The van der Waals surface area contributed by atoms with Crippen molar-refractivity contribution in [3.8, 4) is 11.1 Å². The molecule has 1 aliphatic heterocycles. The van der Waals surface area contributed by atoms with E-state index in [1.165, 1.54) is 62.7 Å². The van der Waals surface area contributed by atoms with Crippen molar-refractivity contribution in [2.75, 3.05) is 11.5 Å². The highest BCUT2D eigenvalue weighted by molar-refractivity contribution is 6.82. The molecule has 0 spiro atoms. The molecule has 0 saturated carbocycles. The lowest BCUT2D eigenvalue weighted by atomic mass is 9.94. The van der Waals surface area contributed by atoms with Crippen molar-refractivity contribution >= 4 is 13.8 Å². The molecule has 3 aliphatic rings. The zero-order valence-electron chi connectivity index (χ0n) is 32.2. The maximum atomic E-state index is 14.5. The van der Waals surface area contributed by atoms with Gasteiger partial charge in [0.15, 0.2) is 0 Å². The minimum absolute atomic E-state index is 0.0439. The average molecular weight is 744 g/mol. The van der Waals surface area contributed by atoms with Crippen LogP contribution in [0.4, 0.5) is 18.9 Å². The van der Waals surface area contributed by atoms with E-state index in [9.17, 15) is 13.2 Å². The number of hydrogen-bond donors (Lipinski definition) is 0. The van der Waals surface area contributed by atoms with E-state index >= 15 is 0 Å². The van der Waals surface area contributed by atoms with Crippen LogP contribution in [0.5, 0.6) is 0 Å². The number of unbranched alkanes of at least 4 members (excludes halogenated alkanes) is 3. The molecule has 4 atom stereocenters. The smallest absolute Gasteiger partial charge is 0.376 e. The third kappa shape index (κ3) is 6.53. The van der Waals surface area contributed by atoms with E-state index in [2.05, 4.69) is 130 Å². The number of alkyl halides is 3. The second kappa shape index (κ2) is 14.2. The lowest BCUT2D eigenvalue weighted by molar-refractivity contribution is -0.138. The summed E-state index contributed by atoms with van der Waals surface area (Å²) < 4.78 is 49.4. The predicted octanol–water partition coefficient (Wildman–Crippen LogP) is 13.3. The summed E-state index contributed by atoms with van der Waals surface area (Å²) >= 11 is 0. The Hall–Kier alpha value is -4.13. The Balaban J connectivity index is 1.25. The van der Waals surface area contributed by atoms with Crippen LogP contribution in [-0.4, -0.2) is 20.3 Å². The predicted molar refractivity (Wildman–Crippen MR) is 218 cm³/mol. The van der Waals surface area contributed by atoms with Crippen molar-refractivity contribution in [1.29, 1.82) is 0 Å². The van der Waals surface area contributed by atoms with Gasteiger partial charge in [0.1, 0.15) is 0 Å². The first kappa shape index (κ1) is 36.8. The van der Waals surface area contributed by atoms with E-state index < -0.39 is 19.8 Å². The van der Waals surface area contributed by atoms with Crippen molar-refractivity contribution in [1.82, 2.24) is 0 Å². The minimum Gasteiger partial charge on any atom is -0.376 e. The van der Waals surface area contributed by atoms with Crippen molar-refractivity contribution < 1.29 is 17.9 Å². The van der Waals surface area contributed by atoms with Crippen LogP contribution in [0.1, 0.15) is 114 Å². The Kier molecular flexibility index (Phi) is 9.67. The molecule has 5 aromatic carbocycles. The summed E-state index contributed by atoms with van der Waals surface area (Å²) in [4.78, 5) is 2.32. The van der Waals surface area contributed by atoms with E-state index in [0.717, 1.165) is 38.0 Å². The lowest BCUT2D eigenvalue weighted by Gasteiger charge is -2.43. The summed E-state index contributed by atoms with van der Waals surface area (Å²) in [6, 6.07) is 41.0. The summed E-state index contributed by atoms with van der Waals surface area (Å²) in [5.74, 6) is 0.145. The van der Waals surface area contributed by atoms with Gasteiger partial charge < -0.3 is 9.64 Å². The van der Waals surface area contributed by atoms with Gasteiger partial charge in [-0.25, -0.2) is 0 Å². The molecule has 0 bridgehead atoms. The van der Waals surface area contributed by atoms with E-state index in [0.29, 0.717) is 11.1 Å². The summed E-state index contributed by atoms with van der Waals surface area (Å²) in [6.07, 6.45) is 0.0847. The molecule has 0 amide bonds. The highest BCUT2D eigenvalue weighted by Crippen LogP contribution is 2.67. The normalized spacial score (nSPS) is 19.9. The Bertz CT molecular complexity index is 2110. The Morgan fingerprint density at radius 2 is 1.26 bits per heavy atom. The molecule has 6 heteroatoms. The molecule has 280 valence electrons. The van der Waals surface area contributed by atoms with Gasteiger partial charge in [-0.3, -0.25) is 0 Å². The van der Waals surface area contributed by atoms with Crippen LogP contribution in [0.15, 0.2) is 115 Å². The highest BCUT2D eigenvalue weighted by atomic mass is 28.3. The molecule has 0 saturated heterocycles. The van der Waals surface area contributed by atoms with Gasteiger partial charge in [-0.1, -0.05) is 141 Å². The zero-order valence-corrected chi connectivity index (χ0v) is 33.2. The molecule has 1 heterocycles. The molecule has 0 fully saturated rings. The van der Waals surface area contributed by atoms with Crippen LogP contribution in [0.3, 0.4) is 0 Å². The van der Waals surface area contributed by atoms with Crippen molar-refractivity contribution in [3.05, 3.63) is 160 Å². The lowest BCUT2D eigenvalue weighted by Crippen LogP contribution is -2.46. The second-order valence-electron chi connectivity index (χ2n) is 17.2. The van der Waals surface area contributed by atoms with Crippen molar-refractivity contribution in [3.63, 3.8) is 0 Å². The van der Waals surface area contributed by atoms with Crippen molar-refractivity contribution in [2.24, 2.45) is 0 Å². The van der Waals surface area contributed by atoms with Crippen molar-refractivity contribution in [2.45, 2.75) is 107 Å². The Morgan fingerprint density at radius 3 is 1.93 bits per heavy atom. The first-order valence-electron chi connectivity index (χ1n) is 19.8. The Morgan fingerprint density at radius 1 is 0.667 bits per heavy atom. The van der Waals surface area contributed by atoms with E-state index in [1.807, 2.05) is 0 Å². The number of nitrogens with zero attached hydrogens (tertiary/aromatic N) is 1. The first-order valence-corrected chi connectivity index (χ1v) is 22.7. The zero-order chi connectivity index (χ0) is 37.8. The topological polar surface area (TPSA) is 12.5 Å². The number of rotatable bonds is 11. The molecule has 0 radical (unpaired) electrons. The van der Waals surface area contributed by atoms with Crippen LogP contribution in [0, 0.1) is 6.92 Å². The monoisotopic (exact) mass is 743 g/mol. The van der Waals surface area contributed by atoms with Crippen LogP contribution >= 0.6 is 0 Å². The third-order valence-electron chi connectivity index (χ3n) is 12.5. The fraction of sp³-hybridized carbons (Fsp3) is 0.375. The molecule has 5 aromatic rings. The number of ether oxygens (including phenoxy) is 1. The molecule has 2 nitrogen and oxygen atoms in total. The van der Waals surface area contributed by atoms with Crippen LogP contribution < -0.4 is 4.90 Å². The van der Waals surface area contributed by atoms with Gasteiger partial charge in [-0.2, -0.15) is 13.2 Å². The second-order valence-corrected chi connectivity index (χ2v) is 21.9. The molecule has 4 unspecified atom stereocenters. The fourth-order valence-corrected chi connectivity index (χ4v) is 16.5. The molecule has 0 N–H and O–H groups in total. The maximum absolute atomic E-state index is 14.5. The number of aryl methyl sites for hydroxylation is 1. The van der Waals surface area contributed by atoms with Gasteiger partial charge >= 0.3 is 6.18 Å². The van der Waals surface area contributed by atoms with E-state index in [-0.39, 0.29) is 29.6 Å². The Labute approximate surface area is 320 Å². The van der Waals surface area contributed by atoms with E-state index in [4.69, 9.17) is 4.74 Å². The maximum Gasteiger partial charge on any atom is 0.416 e. The number of hydrogen-bond acceptors (Lipinski definition) is 2. The summed E-state index contributed by atoms with van der Waals surface area (Å²) in [5, 5.41) is 0. The quantitative estimate of drug-likeness (QED) is 0.0987. The molecule has 2 aliphatic carbocycles. The molecular formula is C48H52F3NOSi. The summed E-state index contributed by atoms with van der Waals surface area (Å²) in [5.41, 5.74) is 12.1. The number of halogens is 3. The largest absolute Gasteiger partial charge is 0.416 e. The van der Waals surface area contributed by atoms with Gasteiger partial charge in [0.05, 0.1) is 25.3 Å². The van der Waals surface area contributed by atoms with Gasteiger partial charge in [0.25, 0.3) is 0 Å². The van der Waals surface area contributed by atoms with Gasteiger partial charge in [-0.15, -0.1) is 0 Å². The summed E-state index contributed by atoms with van der Waals surface area (Å²) in [6.45, 7) is 12.2. The van der Waals surface area contributed by atoms with Crippen LogP contribution in [0.2, 0.25) is 12.6 Å². The third-order valence-corrected chi connectivity index (χ3v) is 18.0. The SMILES string of the molecule is Cc1ccc2c(c1)C1C(c3ccccc3C1[Si](C)(CCCCCCOC(C)(C)C)C1c3ccccc3-c3ccccc31)N2Cc1ccccc1C(F)(F)F.